The van der Waals surface area contributed by atoms with Crippen molar-refractivity contribution >= 4 is 40.5 Å². The average molecular weight is 410 g/mol. The van der Waals surface area contributed by atoms with Crippen molar-refractivity contribution in [1.82, 2.24) is 10.9 Å². The molecule has 2 rings (SSSR count). The Morgan fingerprint density at radius 1 is 1.00 bits per heavy atom. The summed E-state index contributed by atoms with van der Waals surface area (Å²) in [5.41, 5.74) is 5.78. The SMILES string of the molecule is O=C(/C=C/c1ccc(F)cc1)NNC(=O)c1ccccc1I. The first-order valence-electron chi connectivity index (χ1n) is 6.35. The number of rotatable bonds is 3. The van der Waals surface area contributed by atoms with E-state index in [1.807, 2.05) is 28.7 Å². The van der Waals surface area contributed by atoms with E-state index in [0.717, 1.165) is 3.57 Å². The lowest BCUT2D eigenvalue weighted by Crippen LogP contribution is -2.41. The molecule has 0 saturated heterocycles. The Morgan fingerprint density at radius 3 is 2.36 bits per heavy atom. The summed E-state index contributed by atoms with van der Waals surface area (Å²) in [7, 11) is 0. The van der Waals surface area contributed by atoms with Crippen LogP contribution in [0.4, 0.5) is 4.39 Å². The third-order valence-electron chi connectivity index (χ3n) is 2.71. The molecule has 0 spiro atoms. The Kier molecular flexibility index (Phi) is 5.65. The van der Waals surface area contributed by atoms with Gasteiger partial charge in [-0.25, -0.2) is 4.39 Å². The number of amides is 2. The van der Waals surface area contributed by atoms with E-state index in [1.54, 1.807) is 30.3 Å². The minimum Gasteiger partial charge on any atom is -0.268 e. The number of hydrogen-bond donors (Lipinski definition) is 2. The first kappa shape index (κ1) is 16.2. The molecule has 0 aliphatic rings. The topological polar surface area (TPSA) is 58.2 Å². The largest absolute Gasteiger partial charge is 0.270 e. The standard InChI is InChI=1S/C16H12FIN2O2/c17-12-8-5-11(6-9-12)7-10-15(21)19-20-16(22)13-3-1-2-4-14(13)18/h1-10H,(H,19,21)(H,20,22)/b10-7+. The van der Waals surface area contributed by atoms with Gasteiger partial charge in [0.2, 0.25) is 0 Å². The Morgan fingerprint density at radius 2 is 1.68 bits per heavy atom. The number of hydrogen-bond acceptors (Lipinski definition) is 2. The summed E-state index contributed by atoms with van der Waals surface area (Å²) in [5, 5.41) is 0. The summed E-state index contributed by atoms with van der Waals surface area (Å²) in [6.45, 7) is 0. The van der Waals surface area contributed by atoms with Gasteiger partial charge < -0.3 is 0 Å². The molecule has 112 valence electrons. The van der Waals surface area contributed by atoms with Crippen molar-refractivity contribution in [3.05, 3.63) is 75.1 Å². The van der Waals surface area contributed by atoms with Crippen LogP contribution in [0.1, 0.15) is 15.9 Å². The third kappa shape index (κ3) is 4.66. The molecule has 0 aliphatic heterocycles. The second kappa shape index (κ2) is 7.69. The molecule has 0 aromatic heterocycles. The molecule has 4 nitrogen and oxygen atoms in total. The zero-order chi connectivity index (χ0) is 15.9. The van der Waals surface area contributed by atoms with Crippen LogP contribution in [-0.4, -0.2) is 11.8 Å². The highest BCUT2D eigenvalue weighted by atomic mass is 127. The molecule has 0 heterocycles. The van der Waals surface area contributed by atoms with Gasteiger partial charge in [-0.15, -0.1) is 0 Å². The van der Waals surface area contributed by atoms with Gasteiger partial charge in [0.25, 0.3) is 11.8 Å². The zero-order valence-corrected chi connectivity index (χ0v) is 13.5. The summed E-state index contributed by atoms with van der Waals surface area (Å²) in [6, 6.07) is 12.7. The van der Waals surface area contributed by atoms with Crippen LogP contribution in [0.25, 0.3) is 6.08 Å². The molecule has 22 heavy (non-hydrogen) atoms. The number of nitrogens with one attached hydrogen (secondary N) is 2. The third-order valence-corrected chi connectivity index (χ3v) is 3.66. The molecule has 0 radical (unpaired) electrons. The number of carbonyl (C=O) groups is 2. The van der Waals surface area contributed by atoms with Crippen LogP contribution >= 0.6 is 22.6 Å². The fourth-order valence-corrected chi connectivity index (χ4v) is 2.25. The van der Waals surface area contributed by atoms with E-state index in [9.17, 15) is 14.0 Å². The molecule has 2 aromatic carbocycles. The summed E-state index contributed by atoms with van der Waals surface area (Å²) in [4.78, 5) is 23.5. The summed E-state index contributed by atoms with van der Waals surface area (Å²) >= 11 is 2.04. The second-order valence-electron chi connectivity index (χ2n) is 4.31. The predicted molar refractivity (Wildman–Crippen MR) is 90.2 cm³/mol. The Bertz CT molecular complexity index is 714. The van der Waals surface area contributed by atoms with Gasteiger partial charge in [0.05, 0.1) is 5.56 Å². The molecule has 6 heteroatoms. The second-order valence-corrected chi connectivity index (χ2v) is 5.47. The smallest absolute Gasteiger partial charge is 0.268 e. The van der Waals surface area contributed by atoms with Crippen LogP contribution in [0.3, 0.4) is 0 Å². The zero-order valence-electron chi connectivity index (χ0n) is 11.3. The van der Waals surface area contributed by atoms with Gasteiger partial charge in [0.1, 0.15) is 5.82 Å². The van der Waals surface area contributed by atoms with Crippen molar-refractivity contribution in [3.63, 3.8) is 0 Å². The molecular weight excluding hydrogens is 398 g/mol. The summed E-state index contributed by atoms with van der Waals surface area (Å²) in [5.74, 6) is -1.22. The molecule has 2 N–H and O–H groups in total. The molecule has 0 atom stereocenters. The highest BCUT2D eigenvalue weighted by Gasteiger charge is 2.08. The van der Waals surface area contributed by atoms with Gasteiger partial charge in [-0.1, -0.05) is 24.3 Å². The van der Waals surface area contributed by atoms with Crippen molar-refractivity contribution in [3.8, 4) is 0 Å². The Balaban J connectivity index is 1.89. The van der Waals surface area contributed by atoms with Crippen LogP contribution in [0.2, 0.25) is 0 Å². The molecule has 0 unspecified atom stereocenters. The van der Waals surface area contributed by atoms with Gasteiger partial charge >= 0.3 is 0 Å². The average Bonchev–Trinajstić information content (AvgIpc) is 2.52. The van der Waals surface area contributed by atoms with Crippen LogP contribution in [0.5, 0.6) is 0 Å². The van der Waals surface area contributed by atoms with Crippen molar-refractivity contribution in [2.24, 2.45) is 0 Å². The lowest BCUT2D eigenvalue weighted by Gasteiger charge is -2.06. The Hall–Kier alpha value is -2.22. The predicted octanol–water partition coefficient (Wildman–Crippen LogP) is 2.90. The fraction of sp³-hybridized carbons (Fsp3) is 0. The van der Waals surface area contributed by atoms with Crippen LogP contribution in [0, 0.1) is 9.39 Å². The van der Waals surface area contributed by atoms with E-state index in [1.165, 1.54) is 24.3 Å². The van der Waals surface area contributed by atoms with Gasteiger partial charge in [-0.05, 0) is 58.5 Å². The molecule has 0 saturated carbocycles. The van der Waals surface area contributed by atoms with Crippen LogP contribution < -0.4 is 10.9 Å². The number of carbonyl (C=O) groups excluding carboxylic acids is 2. The van der Waals surface area contributed by atoms with Gasteiger partial charge in [0, 0.05) is 9.65 Å². The first-order valence-corrected chi connectivity index (χ1v) is 7.42. The molecule has 2 aromatic rings. The minimum absolute atomic E-state index is 0.341. The molecule has 0 bridgehead atoms. The maximum Gasteiger partial charge on any atom is 0.270 e. The van der Waals surface area contributed by atoms with E-state index in [0.29, 0.717) is 11.1 Å². The lowest BCUT2D eigenvalue weighted by molar-refractivity contribution is -0.117. The first-order chi connectivity index (χ1) is 10.6. The molecule has 2 amide bonds. The van der Waals surface area contributed by atoms with Crippen molar-refractivity contribution < 1.29 is 14.0 Å². The summed E-state index contributed by atoms with van der Waals surface area (Å²) in [6.07, 6.45) is 2.77. The van der Waals surface area contributed by atoms with Crippen LogP contribution in [-0.2, 0) is 4.79 Å². The number of halogens is 2. The van der Waals surface area contributed by atoms with Gasteiger partial charge in [-0.3, -0.25) is 20.4 Å². The molecule has 0 fully saturated rings. The number of hydrazine groups is 1. The fourth-order valence-electron chi connectivity index (χ4n) is 1.62. The normalized spacial score (nSPS) is 10.5. The van der Waals surface area contributed by atoms with Gasteiger partial charge in [0.15, 0.2) is 0 Å². The lowest BCUT2D eigenvalue weighted by atomic mass is 10.2. The highest BCUT2D eigenvalue weighted by Crippen LogP contribution is 2.10. The highest BCUT2D eigenvalue weighted by molar-refractivity contribution is 14.1. The maximum atomic E-state index is 12.7. The monoisotopic (exact) mass is 410 g/mol. The minimum atomic E-state index is -0.483. The van der Waals surface area contributed by atoms with E-state index >= 15 is 0 Å². The summed E-state index contributed by atoms with van der Waals surface area (Å²) < 4.78 is 13.5. The van der Waals surface area contributed by atoms with Crippen molar-refractivity contribution in [1.29, 1.82) is 0 Å². The van der Waals surface area contributed by atoms with Crippen LogP contribution in [0.15, 0.2) is 54.6 Å². The molecular formula is C16H12FIN2O2. The Labute approximate surface area is 140 Å². The van der Waals surface area contributed by atoms with Gasteiger partial charge in [-0.2, -0.15) is 0 Å². The van der Waals surface area contributed by atoms with E-state index in [4.69, 9.17) is 0 Å². The van der Waals surface area contributed by atoms with E-state index in [-0.39, 0.29) is 5.82 Å². The quantitative estimate of drug-likeness (QED) is 0.465. The molecule has 0 aliphatic carbocycles. The van der Waals surface area contributed by atoms with Crippen molar-refractivity contribution in [2.75, 3.05) is 0 Å². The maximum absolute atomic E-state index is 12.7. The number of benzene rings is 2. The van der Waals surface area contributed by atoms with E-state index < -0.39 is 11.8 Å². The van der Waals surface area contributed by atoms with Crippen molar-refractivity contribution in [2.45, 2.75) is 0 Å². The van der Waals surface area contributed by atoms with E-state index in [2.05, 4.69) is 10.9 Å².